The third-order valence-electron chi connectivity index (χ3n) is 3.22. The number of rotatable bonds is 2. The summed E-state index contributed by atoms with van der Waals surface area (Å²) in [7, 11) is 1.71. The van der Waals surface area contributed by atoms with Crippen LogP contribution in [-0.4, -0.2) is 13.0 Å². The molecule has 3 aromatic rings. The smallest absolute Gasteiger partial charge is 0.293 e. The molecule has 4 nitrogen and oxygen atoms in total. The van der Waals surface area contributed by atoms with Crippen molar-refractivity contribution in [3.8, 4) is 0 Å². The van der Waals surface area contributed by atoms with Gasteiger partial charge in [-0.3, -0.25) is 4.79 Å². The lowest BCUT2D eigenvalue weighted by Gasteiger charge is -2.15. The normalized spacial score (nSPS) is 10.7. The van der Waals surface area contributed by atoms with E-state index in [0.717, 1.165) is 11.1 Å². The number of benzene rings is 2. The second kappa shape index (κ2) is 4.74. The van der Waals surface area contributed by atoms with Crippen LogP contribution in [0.5, 0.6) is 0 Å². The lowest BCUT2D eigenvalue weighted by Crippen LogP contribution is -2.25. The van der Waals surface area contributed by atoms with E-state index in [4.69, 9.17) is 10.2 Å². The zero-order valence-electron chi connectivity index (χ0n) is 11.0. The van der Waals surface area contributed by atoms with Gasteiger partial charge in [0.15, 0.2) is 5.76 Å². The predicted octanol–water partition coefficient (Wildman–Crippen LogP) is 3.29. The van der Waals surface area contributed by atoms with E-state index >= 15 is 0 Å². The number of para-hydroxylation sites is 1. The molecular weight excluding hydrogens is 252 g/mol. The maximum absolute atomic E-state index is 12.4. The van der Waals surface area contributed by atoms with E-state index < -0.39 is 0 Å². The van der Waals surface area contributed by atoms with Crippen molar-refractivity contribution in [2.45, 2.75) is 0 Å². The highest BCUT2D eigenvalue weighted by molar-refractivity contribution is 6.06. The van der Waals surface area contributed by atoms with Gasteiger partial charge in [-0.25, -0.2) is 0 Å². The van der Waals surface area contributed by atoms with E-state index in [2.05, 4.69) is 0 Å². The number of carbonyl (C=O) groups is 1. The maximum Gasteiger partial charge on any atom is 0.293 e. The van der Waals surface area contributed by atoms with Gasteiger partial charge in [0, 0.05) is 23.8 Å². The fourth-order valence-electron chi connectivity index (χ4n) is 2.07. The van der Waals surface area contributed by atoms with Gasteiger partial charge in [0.1, 0.15) is 5.58 Å². The Balaban J connectivity index is 1.93. The molecule has 2 aromatic carbocycles. The van der Waals surface area contributed by atoms with Crippen molar-refractivity contribution in [2.75, 3.05) is 17.7 Å². The van der Waals surface area contributed by atoms with Gasteiger partial charge < -0.3 is 15.1 Å². The topological polar surface area (TPSA) is 59.5 Å². The average Bonchev–Trinajstić information content (AvgIpc) is 2.90. The molecule has 0 atom stereocenters. The van der Waals surface area contributed by atoms with Crippen molar-refractivity contribution < 1.29 is 9.21 Å². The zero-order chi connectivity index (χ0) is 14.1. The first kappa shape index (κ1) is 12.3. The number of carbonyl (C=O) groups excluding carboxylic acids is 1. The standard InChI is InChI=1S/C16H14N2O2/c1-18(13-8-6-12(17)7-9-13)16(19)15-10-11-4-2-3-5-14(11)20-15/h2-10H,17H2,1H3. The molecule has 0 aliphatic rings. The summed E-state index contributed by atoms with van der Waals surface area (Å²) in [5.41, 5.74) is 7.79. The zero-order valence-corrected chi connectivity index (χ0v) is 11.0. The highest BCUT2D eigenvalue weighted by Gasteiger charge is 2.17. The van der Waals surface area contributed by atoms with Crippen molar-refractivity contribution in [3.63, 3.8) is 0 Å². The summed E-state index contributed by atoms with van der Waals surface area (Å²) < 4.78 is 5.58. The summed E-state index contributed by atoms with van der Waals surface area (Å²) in [4.78, 5) is 13.9. The molecule has 1 aromatic heterocycles. The molecule has 3 rings (SSSR count). The summed E-state index contributed by atoms with van der Waals surface area (Å²) in [5, 5.41) is 0.918. The molecule has 2 N–H and O–H groups in total. The van der Waals surface area contributed by atoms with Crippen LogP contribution in [0.4, 0.5) is 11.4 Å². The van der Waals surface area contributed by atoms with Gasteiger partial charge in [0.05, 0.1) is 0 Å². The molecule has 4 heteroatoms. The molecule has 0 saturated carbocycles. The Labute approximate surface area is 116 Å². The van der Waals surface area contributed by atoms with E-state index in [0.29, 0.717) is 17.0 Å². The van der Waals surface area contributed by atoms with E-state index in [-0.39, 0.29) is 5.91 Å². The van der Waals surface area contributed by atoms with E-state index in [9.17, 15) is 4.79 Å². The Morgan fingerprint density at radius 2 is 1.80 bits per heavy atom. The van der Waals surface area contributed by atoms with E-state index in [1.807, 2.05) is 24.3 Å². The fraction of sp³-hybridized carbons (Fsp3) is 0.0625. The minimum Gasteiger partial charge on any atom is -0.451 e. The van der Waals surface area contributed by atoms with Crippen LogP contribution in [0.15, 0.2) is 59.0 Å². The third-order valence-corrected chi connectivity index (χ3v) is 3.22. The van der Waals surface area contributed by atoms with Gasteiger partial charge in [-0.1, -0.05) is 18.2 Å². The van der Waals surface area contributed by atoms with Gasteiger partial charge in [-0.05, 0) is 36.4 Å². The Kier molecular flexibility index (Phi) is 2.91. The van der Waals surface area contributed by atoms with Crippen molar-refractivity contribution in [2.24, 2.45) is 0 Å². The van der Waals surface area contributed by atoms with Crippen LogP contribution in [0, 0.1) is 0 Å². The molecule has 0 fully saturated rings. The van der Waals surface area contributed by atoms with Crippen molar-refractivity contribution in [1.29, 1.82) is 0 Å². The van der Waals surface area contributed by atoms with Crippen molar-refractivity contribution >= 4 is 28.3 Å². The molecule has 20 heavy (non-hydrogen) atoms. The summed E-state index contributed by atoms with van der Waals surface area (Å²) in [6.45, 7) is 0. The van der Waals surface area contributed by atoms with Gasteiger partial charge in [0.25, 0.3) is 5.91 Å². The van der Waals surface area contributed by atoms with Crippen LogP contribution < -0.4 is 10.6 Å². The number of nitrogen functional groups attached to an aromatic ring is 1. The number of hydrogen-bond acceptors (Lipinski definition) is 3. The van der Waals surface area contributed by atoms with Gasteiger partial charge in [0.2, 0.25) is 0 Å². The van der Waals surface area contributed by atoms with Gasteiger partial charge in [-0.2, -0.15) is 0 Å². The fourth-order valence-corrected chi connectivity index (χ4v) is 2.07. The highest BCUT2D eigenvalue weighted by Crippen LogP contribution is 2.22. The Bertz CT molecular complexity index is 727. The monoisotopic (exact) mass is 266 g/mol. The molecule has 0 radical (unpaired) electrons. The molecular formula is C16H14N2O2. The average molecular weight is 266 g/mol. The number of fused-ring (bicyclic) bond motifs is 1. The van der Waals surface area contributed by atoms with Crippen LogP contribution in [0.25, 0.3) is 11.0 Å². The lowest BCUT2D eigenvalue weighted by molar-refractivity contribution is 0.0968. The number of hydrogen-bond donors (Lipinski definition) is 1. The number of anilines is 2. The molecule has 0 bridgehead atoms. The van der Waals surface area contributed by atoms with Crippen molar-refractivity contribution in [1.82, 2.24) is 0 Å². The number of nitrogens with two attached hydrogens (primary N) is 1. The molecule has 1 heterocycles. The molecule has 0 spiro atoms. The quantitative estimate of drug-likeness (QED) is 0.724. The minimum absolute atomic E-state index is 0.189. The number of nitrogens with zero attached hydrogens (tertiary/aromatic N) is 1. The first-order valence-electron chi connectivity index (χ1n) is 6.27. The molecule has 0 saturated heterocycles. The molecule has 0 aliphatic heterocycles. The lowest BCUT2D eigenvalue weighted by atomic mass is 10.2. The second-order valence-electron chi connectivity index (χ2n) is 4.60. The first-order valence-corrected chi connectivity index (χ1v) is 6.27. The summed E-state index contributed by atoms with van der Waals surface area (Å²) in [6.07, 6.45) is 0. The Hall–Kier alpha value is -2.75. The van der Waals surface area contributed by atoms with Gasteiger partial charge >= 0.3 is 0 Å². The highest BCUT2D eigenvalue weighted by atomic mass is 16.3. The summed E-state index contributed by atoms with van der Waals surface area (Å²) >= 11 is 0. The van der Waals surface area contributed by atoms with Crippen LogP contribution >= 0.6 is 0 Å². The minimum atomic E-state index is -0.189. The van der Waals surface area contributed by atoms with Crippen LogP contribution in [0.3, 0.4) is 0 Å². The molecule has 0 aliphatic carbocycles. The molecule has 0 unspecified atom stereocenters. The predicted molar refractivity (Wildman–Crippen MR) is 79.8 cm³/mol. The summed E-state index contributed by atoms with van der Waals surface area (Å²) in [6, 6.07) is 16.4. The second-order valence-corrected chi connectivity index (χ2v) is 4.60. The largest absolute Gasteiger partial charge is 0.451 e. The Morgan fingerprint density at radius 1 is 1.10 bits per heavy atom. The van der Waals surface area contributed by atoms with E-state index in [1.54, 1.807) is 37.4 Å². The van der Waals surface area contributed by atoms with Crippen LogP contribution in [-0.2, 0) is 0 Å². The molecule has 1 amide bonds. The number of amides is 1. The van der Waals surface area contributed by atoms with Crippen molar-refractivity contribution in [3.05, 3.63) is 60.4 Å². The first-order chi connectivity index (χ1) is 9.65. The summed E-state index contributed by atoms with van der Waals surface area (Å²) in [5.74, 6) is 0.136. The van der Waals surface area contributed by atoms with Gasteiger partial charge in [-0.15, -0.1) is 0 Å². The Morgan fingerprint density at radius 3 is 2.50 bits per heavy atom. The van der Waals surface area contributed by atoms with E-state index in [1.165, 1.54) is 4.90 Å². The maximum atomic E-state index is 12.4. The van der Waals surface area contributed by atoms with Crippen LogP contribution in [0.2, 0.25) is 0 Å². The van der Waals surface area contributed by atoms with Crippen LogP contribution in [0.1, 0.15) is 10.6 Å². The number of furan rings is 1. The SMILES string of the molecule is CN(C(=O)c1cc2ccccc2o1)c1ccc(N)cc1. The molecule has 100 valence electrons. The third kappa shape index (κ3) is 2.12.